The van der Waals surface area contributed by atoms with Crippen LogP contribution >= 0.6 is 0 Å². The first-order chi connectivity index (χ1) is 8.21. The number of rotatable bonds is 4. The molecule has 1 unspecified atom stereocenters. The number of nitrogens with zero attached hydrogens (tertiary/aromatic N) is 1. The van der Waals surface area contributed by atoms with Gasteiger partial charge >= 0.3 is 6.18 Å². The molecule has 0 radical (unpaired) electrons. The van der Waals surface area contributed by atoms with Crippen LogP contribution in [-0.2, 0) is 6.18 Å². The third-order valence-corrected chi connectivity index (χ3v) is 2.04. The van der Waals surface area contributed by atoms with Gasteiger partial charge < -0.3 is 16.8 Å². The second-order valence-electron chi connectivity index (χ2n) is 3.81. The first-order valence-corrected chi connectivity index (χ1v) is 5.09. The van der Waals surface area contributed by atoms with E-state index in [1.165, 1.54) is 0 Å². The van der Waals surface area contributed by atoms with E-state index in [-0.39, 0.29) is 24.0 Å². The normalized spacial score (nSPS) is 13.2. The van der Waals surface area contributed by atoms with E-state index in [0.717, 1.165) is 6.07 Å². The quantitative estimate of drug-likeness (QED) is 0.753. The van der Waals surface area contributed by atoms with E-state index in [0.29, 0.717) is 6.07 Å². The van der Waals surface area contributed by atoms with Crippen LogP contribution in [0.5, 0.6) is 0 Å². The van der Waals surface area contributed by atoms with Crippen molar-refractivity contribution in [2.45, 2.75) is 19.1 Å². The molecule has 100 valence electrons. The van der Waals surface area contributed by atoms with E-state index >= 15 is 0 Å². The van der Waals surface area contributed by atoms with Crippen molar-refractivity contribution in [2.75, 3.05) is 11.9 Å². The first kappa shape index (κ1) is 14.2. The minimum Gasteiger partial charge on any atom is -0.368 e. The molecule has 1 heterocycles. The van der Waals surface area contributed by atoms with Crippen LogP contribution in [-0.4, -0.2) is 23.5 Å². The molecular weight excluding hydrogens is 249 g/mol. The number of primary amides is 1. The summed E-state index contributed by atoms with van der Waals surface area (Å²) < 4.78 is 37.4. The number of nitrogens with two attached hydrogens (primary N) is 2. The number of amides is 1. The zero-order valence-electron chi connectivity index (χ0n) is 9.58. The number of carbonyl (C=O) groups excluding carboxylic acids is 1. The van der Waals surface area contributed by atoms with Crippen LogP contribution in [0.2, 0.25) is 0 Å². The third kappa shape index (κ3) is 3.59. The SMILES string of the molecule is CC(N)CNc1nc(C(F)(F)F)ccc1C(N)=O. The Labute approximate surface area is 101 Å². The van der Waals surface area contributed by atoms with Gasteiger partial charge in [0.15, 0.2) is 0 Å². The van der Waals surface area contributed by atoms with Gasteiger partial charge in [-0.25, -0.2) is 4.98 Å². The van der Waals surface area contributed by atoms with Crippen molar-refractivity contribution < 1.29 is 18.0 Å². The van der Waals surface area contributed by atoms with Crippen molar-refractivity contribution in [3.8, 4) is 0 Å². The van der Waals surface area contributed by atoms with Gasteiger partial charge in [0.2, 0.25) is 0 Å². The van der Waals surface area contributed by atoms with Crippen molar-refractivity contribution in [3.63, 3.8) is 0 Å². The minimum absolute atomic E-state index is 0.108. The van der Waals surface area contributed by atoms with Crippen molar-refractivity contribution >= 4 is 11.7 Å². The summed E-state index contributed by atoms with van der Waals surface area (Å²) in [6.45, 7) is 1.83. The molecule has 0 aliphatic rings. The summed E-state index contributed by atoms with van der Waals surface area (Å²) >= 11 is 0. The van der Waals surface area contributed by atoms with Crippen molar-refractivity contribution in [1.82, 2.24) is 4.98 Å². The van der Waals surface area contributed by atoms with Crippen molar-refractivity contribution in [1.29, 1.82) is 0 Å². The lowest BCUT2D eigenvalue weighted by molar-refractivity contribution is -0.141. The van der Waals surface area contributed by atoms with Crippen LogP contribution in [0.25, 0.3) is 0 Å². The van der Waals surface area contributed by atoms with E-state index < -0.39 is 17.8 Å². The van der Waals surface area contributed by atoms with Crippen LogP contribution in [0.3, 0.4) is 0 Å². The fraction of sp³-hybridized carbons (Fsp3) is 0.400. The van der Waals surface area contributed by atoms with Gasteiger partial charge in [0.1, 0.15) is 11.5 Å². The molecule has 0 bridgehead atoms. The summed E-state index contributed by atoms with van der Waals surface area (Å²) in [7, 11) is 0. The summed E-state index contributed by atoms with van der Waals surface area (Å²) in [4.78, 5) is 14.4. The lowest BCUT2D eigenvalue weighted by Gasteiger charge is -2.13. The average Bonchev–Trinajstić information content (AvgIpc) is 2.24. The Bertz CT molecular complexity index is 445. The molecule has 18 heavy (non-hydrogen) atoms. The van der Waals surface area contributed by atoms with Gasteiger partial charge in [-0.2, -0.15) is 13.2 Å². The van der Waals surface area contributed by atoms with Crippen molar-refractivity contribution in [2.24, 2.45) is 11.5 Å². The van der Waals surface area contributed by atoms with Crippen molar-refractivity contribution in [3.05, 3.63) is 23.4 Å². The highest BCUT2D eigenvalue weighted by molar-refractivity contribution is 5.97. The Morgan fingerprint density at radius 1 is 1.50 bits per heavy atom. The molecule has 0 saturated heterocycles. The molecule has 1 atom stereocenters. The van der Waals surface area contributed by atoms with E-state index in [4.69, 9.17) is 11.5 Å². The third-order valence-electron chi connectivity index (χ3n) is 2.04. The number of alkyl halides is 3. The molecule has 1 rings (SSSR count). The summed E-state index contributed by atoms with van der Waals surface area (Å²) in [5, 5.41) is 2.57. The van der Waals surface area contributed by atoms with Gasteiger partial charge in [-0.3, -0.25) is 4.79 Å². The highest BCUT2D eigenvalue weighted by Gasteiger charge is 2.33. The Balaban J connectivity index is 3.12. The Morgan fingerprint density at radius 2 is 2.11 bits per heavy atom. The largest absolute Gasteiger partial charge is 0.433 e. The number of nitrogens with one attached hydrogen (secondary N) is 1. The zero-order chi connectivity index (χ0) is 13.9. The standard InChI is InChI=1S/C10H13F3N4O/c1-5(14)4-16-9-6(8(15)18)2-3-7(17-9)10(11,12)13/h2-3,5H,4,14H2,1H3,(H2,15,18)(H,16,17). The van der Waals surface area contributed by atoms with E-state index in [9.17, 15) is 18.0 Å². The molecule has 1 amide bonds. The van der Waals surface area contributed by atoms with Crippen LogP contribution in [0.15, 0.2) is 12.1 Å². The second kappa shape index (κ2) is 5.21. The molecule has 1 aromatic rings. The first-order valence-electron chi connectivity index (χ1n) is 5.09. The number of pyridine rings is 1. The fourth-order valence-corrected chi connectivity index (χ4v) is 1.21. The second-order valence-corrected chi connectivity index (χ2v) is 3.81. The fourth-order valence-electron chi connectivity index (χ4n) is 1.21. The maximum Gasteiger partial charge on any atom is 0.433 e. The van der Waals surface area contributed by atoms with Crippen LogP contribution in [0, 0.1) is 0 Å². The molecule has 8 heteroatoms. The van der Waals surface area contributed by atoms with Gasteiger partial charge in [-0.15, -0.1) is 0 Å². The van der Waals surface area contributed by atoms with Crippen LogP contribution in [0.1, 0.15) is 23.0 Å². The minimum atomic E-state index is -4.58. The number of aromatic nitrogens is 1. The van der Waals surface area contributed by atoms with E-state index in [1.54, 1.807) is 6.92 Å². The lowest BCUT2D eigenvalue weighted by Crippen LogP contribution is -2.27. The summed E-state index contributed by atoms with van der Waals surface area (Å²) in [6, 6.07) is 1.39. The number of hydrogen-bond acceptors (Lipinski definition) is 4. The smallest absolute Gasteiger partial charge is 0.368 e. The van der Waals surface area contributed by atoms with Crippen LogP contribution in [0.4, 0.5) is 19.0 Å². The molecule has 0 aliphatic carbocycles. The molecule has 1 aromatic heterocycles. The topological polar surface area (TPSA) is 94.0 Å². The van der Waals surface area contributed by atoms with Gasteiger partial charge in [0.25, 0.3) is 5.91 Å². The zero-order valence-corrected chi connectivity index (χ0v) is 9.58. The number of carbonyl (C=O) groups is 1. The summed E-state index contributed by atoms with van der Waals surface area (Å²) in [6.07, 6.45) is -4.58. The highest BCUT2D eigenvalue weighted by atomic mass is 19.4. The maximum absolute atomic E-state index is 12.5. The molecule has 0 spiro atoms. The van der Waals surface area contributed by atoms with Gasteiger partial charge in [0, 0.05) is 12.6 Å². The Kier molecular flexibility index (Phi) is 4.12. The average molecular weight is 262 g/mol. The molecule has 5 nitrogen and oxygen atoms in total. The van der Waals surface area contributed by atoms with Gasteiger partial charge in [-0.1, -0.05) is 0 Å². The Hall–Kier alpha value is -1.83. The van der Waals surface area contributed by atoms with Crippen LogP contribution < -0.4 is 16.8 Å². The predicted octanol–water partition coefficient (Wildman–Crippen LogP) is 0.958. The molecule has 0 aliphatic heterocycles. The maximum atomic E-state index is 12.5. The molecule has 5 N–H and O–H groups in total. The Morgan fingerprint density at radius 3 is 2.56 bits per heavy atom. The molecule has 0 aromatic carbocycles. The molecular formula is C10H13F3N4O. The number of anilines is 1. The number of hydrogen-bond donors (Lipinski definition) is 3. The number of halogens is 3. The van der Waals surface area contributed by atoms with E-state index in [1.807, 2.05) is 0 Å². The lowest BCUT2D eigenvalue weighted by atomic mass is 10.2. The highest BCUT2D eigenvalue weighted by Crippen LogP contribution is 2.29. The van der Waals surface area contributed by atoms with E-state index in [2.05, 4.69) is 10.3 Å². The predicted molar refractivity (Wildman–Crippen MR) is 59.9 cm³/mol. The summed E-state index contributed by atoms with van der Waals surface area (Å²) in [5.74, 6) is -1.07. The monoisotopic (exact) mass is 262 g/mol. The summed E-state index contributed by atoms with van der Waals surface area (Å²) in [5.41, 5.74) is 9.30. The molecule has 0 fully saturated rings. The van der Waals surface area contributed by atoms with Gasteiger partial charge in [0.05, 0.1) is 5.56 Å². The molecule has 0 saturated carbocycles. The van der Waals surface area contributed by atoms with Gasteiger partial charge in [-0.05, 0) is 19.1 Å².